The number of amides is 2. The summed E-state index contributed by atoms with van der Waals surface area (Å²) in [6.07, 6.45) is 14.3. The third-order valence-electron chi connectivity index (χ3n) is 8.14. The van der Waals surface area contributed by atoms with Gasteiger partial charge in [0.05, 0.1) is 24.7 Å². The maximum atomic E-state index is 14.1. The second kappa shape index (κ2) is 8.55. The molecule has 33 heavy (non-hydrogen) atoms. The highest BCUT2D eigenvalue weighted by atomic mass is 16.6. The van der Waals surface area contributed by atoms with Crippen molar-refractivity contribution < 1.29 is 29.0 Å². The molecule has 8 heteroatoms. The second-order valence-corrected chi connectivity index (χ2v) is 10.1. The van der Waals surface area contributed by atoms with Crippen molar-refractivity contribution in [3.8, 4) is 0 Å². The van der Waals surface area contributed by atoms with E-state index in [0.717, 1.165) is 32.1 Å². The molecular formula is C25H34N2O6. The van der Waals surface area contributed by atoms with Gasteiger partial charge in [0, 0.05) is 19.1 Å². The first-order valence-corrected chi connectivity index (χ1v) is 12.4. The number of hydrogen-bond donors (Lipinski definition) is 1. The number of carbonyl (C=O) groups is 3. The average Bonchev–Trinajstić information content (AvgIpc) is 3.14. The van der Waals surface area contributed by atoms with Crippen LogP contribution in [0.1, 0.15) is 51.9 Å². The number of aliphatic hydroxyl groups excluding tert-OH is 1. The number of fused-ring (bicyclic) bond motifs is 2. The Labute approximate surface area is 194 Å². The molecule has 0 aromatic rings. The maximum Gasteiger partial charge on any atom is 0.313 e. The third kappa shape index (κ3) is 3.44. The molecule has 8 nitrogen and oxygen atoms in total. The highest BCUT2D eigenvalue weighted by molar-refractivity contribution is 5.99. The van der Waals surface area contributed by atoms with Crippen LogP contribution in [0, 0.1) is 11.8 Å². The van der Waals surface area contributed by atoms with Crippen LogP contribution in [0.25, 0.3) is 0 Å². The average molecular weight is 459 g/mol. The largest absolute Gasteiger partial charge is 0.465 e. The molecule has 2 amide bonds. The SMILES string of the molecule is C[C@@]12/C=C\CCCOC(=O)[C@@H]1[C@H]1C(=O)N(CCO)C3C(=O)N(C4CCCCC4)CC=C[C@@]31O2. The summed E-state index contributed by atoms with van der Waals surface area (Å²) < 4.78 is 12.2. The van der Waals surface area contributed by atoms with E-state index >= 15 is 0 Å². The molecule has 2 saturated heterocycles. The van der Waals surface area contributed by atoms with Gasteiger partial charge in [0.15, 0.2) is 0 Å². The molecule has 0 bridgehead atoms. The number of hydrogen-bond acceptors (Lipinski definition) is 6. The predicted molar refractivity (Wildman–Crippen MR) is 119 cm³/mol. The summed E-state index contributed by atoms with van der Waals surface area (Å²) in [5.74, 6) is -2.66. The fraction of sp³-hybridized carbons (Fsp3) is 0.720. The molecule has 1 saturated carbocycles. The molecule has 5 atom stereocenters. The Bertz CT molecular complexity index is 880. The number of ether oxygens (including phenoxy) is 2. The van der Waals surface area contributed by atoms with Crippen LogP contribution in [0.2, 0.25) is 0 Å². The Kier molecular flexibility index (Phi) is 5.85. The van der Waals surface area contributed by atoms with Crippen molar-refractivity contribution in [2.45, 2.75) is 75.2 Å². The Morgan fingerprint density at radius 1 is 1.03 bits per heavy atom. The topological polar surface area (TPSA) is 96.4 Å². The number of carbonyl (C=O) groups excluding carboxylic acids is 3. The van der Waals surface area contributed by atoms with Crippen molar-refractivity contribution in [2.75, 3.05) is 26.3 Å². The molecule has 5 aliphatic rings. The monoisotopic (exact) mass is 458 g/mol. The van der Waals surface area contributed by atoms with Crippen LogP contribution in [-0.2, 0) is 23.9 Å². The quantitative estimate of drug-likeness (QED) is 0.510. The van der Waals surface area contributed by atoms with Crippen LogP contribution in [0.4, 0.5) is 0 Å². The number of rotatable bonds is 3. The van der Waals surface area contributed by atoms with E-state index in [9.17, 15) is 19.5 Å². The van der Waals surface area contributed by atoms with E-state index in [1.807, 2.05) is 36.1 Å². The summed E-state index contributed by atoms with van der Waals surface area (Å²) in [4.78, 5) is 44.4. The molecule has 180 valence electrons. The summed E-state index contributed by atoms with van der Waals surface area (Å²) in [7, 11) is 0. The molecule has 4 aliphatic heterocycles. The van der Waals surface area contributed by atoms with Crippen LogP contribution in [0.3, 0.4) is 0 Å². The number of likely N-dealkylation sites (tertiary alicyclic amines) is 1. The highest BCUT2D eigenvalue weighted by Crippen LogP contribution is 2.57. The van der Waals surface area contributed by atoms with Crippen LogP contribution in [-0.4, -0.2) is 82.3 Å². The van der Waals surface area contributed by atoms with Crippen LogP contribution in [0.15, 0.2) is 24.3 Å². The molecule has 0 aromatic heterocycles. The van der Waals surface area contributed by atoms with Gasteiger partial charge in [0.2, 0.25) is 11.8 Å². The summed E-state index contributed by atoms with van der Waals surface area (Å²) >= 11 is 0. The first kappa shape index (κ1) is 22.6. The number of esters is 1. The van der Waals surface area contributed by atoms with Gasteiger partial charge in [0.25, 0.3) is 0 Å². The lowest BCUT2D eigenvalue weighted by Gasteiger charge is -2.40. The van der Waals surface area contributed by atoms with Crippen molar-refractivity contribution in [3.05, 3.63) is 24.3 Å². The molecule has 5 rings (SSSR count). The Morgan fingerprint density at radius 3 is 2.58 bits per heavy atom. The Hall–Kier alpha value is -2.19. The Morgan fingerprint density at radius 2 is 1.82 bits per heavy atom. The zero-order valence-electron chi connectivity index (χ0n) is 19.3. The van der Waals surface area contributed by atoms with Gasteiger partial charge < -0.3 is 24.4 Å². The van der Waals surface area contributed by atoms with E-state index in [1.165, 1.54) is 11.3 Å². The smallest absolute Gasteiger partial charge is 0.313 e. The first-order chi connectivity index (χ1) is 15.9. The van der Waals surface area contributed by atoms with Gasteiger partial charge >= 0.3 is 5.97 Å². The van der Waals surface area contributed by atoms with E-state index in [2.05, 4.69) is 0 Å². The van der Waals surface area contributed by atoms with Gasteiger partial charge in [-0.15, -0.1) is 0 Å². The van der Waals surface area contributed by atoms with Crippen molar-refractivity contribution in [1.29, 1.82) is 0 Å². The highest BCUT2D eigenvalue weighted by Gasteiger charge is 2.74. The lowest BCUT2D eigenvalue weighted by atomic mass is 9.74. The number of aliphatic hydroxyl groups is 1. The minimum absolute atomic E-state index is 0.0253. The lowest BCUT2D eigenvalue weighted by molar-refractivity contribution is -0.160. The van der Waals surface area contributed by atoms with Gasteiger partial charge in [-0.1, -0.05) is 43.6 Å². The molecule has 0 radical (unpaired) electrons. The first-order valence-electron chi connectivity index (χ1n) is 12.4. The lowest BCUT2D eigenvalue weighted by Crippen LogP contribution is -2.58. The zero-order chi connectivity index (χ0) is 23.2. The van der Waals surface area contributed by atoms with Gasteiger partial charge in [-0.2, -0.15) is 0 Å². The van der Waals surface area contributed by atoms with Crippen molar-refractivity contribution in [1.82, 2.24) is 9.80 Å². The van der Waals surface area contributed by atoms with E-state index < -0.39 is 35.0 Å². The van der Waals surface area contributed by atoms with Crippen LogP contribution < -0.4 is 0 Å². The van der Waals surface area contributed by atoms with Gasteiger partial charge in [-0.3, -0.25) is 14.4 Å². The summed E-state index contributed by atoms with van der Waals surface area (Å²) in [5, 5.41) is 9.74. The molecule has 1 unspecified atom stereocenters. The minimum Gasteiger partial charge on any atom is -0.465 e. The van der Waals surface area contributed by atoms with Gasteiger partial charge in [0.1, 0.15) is 17.6 Å². The molecular weight excluding hydrogens is 424 g/mol. The minimum atomic E-state index is -1.27. The normalized spacial score (nSPS) is 40.3. The van der Waals surface area contributed by atoms with E-state index in [-0.39, 0.29) is 37.6 Å². The number of allylic oxidation sites excluding steroid dienone is 1. The molecule has 4 heterocycles. The molecule has 1 spiro atoms. The van der Waals surface area contributed by atoms with Crippen LogP contribution >= 0.6 is 0 Å². The predicted octanol–water partition coefficient (Wildman–Crippen LogP) is 1.57. The molecule has 3 fully saturated rings. The molecule has 1 aliphatic carbocycles. The zero-order valence-corrected chi connectivity index (χ0v) is 19.3. The second-order valence-electron chi connectivity index (χ2n) is 10.1. The maximum absolute atomic E-state index is 14.1. The van der Waals surface area contributed by atoms with Gasteiger partial charge in [-0.05, 0) is 32.6 Å². The van der Waals surface area contributed by atoms with E-state index in [4.69, 9.17) is 9.47 Å². The number of cyclic esters (lactones) is 1. The van der Waals surface area contributed by atoms with Crippen molar-refractivity contribution in [3.63, 3.8) is 0 Å². The van der Waals surface area contributed by atoms with Crippen molar-refractivity contribution >= 4 is 17.8 Å². The molecule has 1 N–H and O–H groups in total. The van der Waals surface area contributed by atoms with Crippen LogP contribution in [0.5, 0.6) is 0 Å². The molecule has 0 aromatic carbocycles. The number of β-amino-alcohol motifs (C(OH)–C–C–N with tert-alkyl or cyclic N) is 1. The fourth-order valence-electron chi connectivity index (χ4n) is 6.72. The van der Waals surface area contributed by atoms with E-state index in [0.29, 0.717) is 13.0 Å². The summed E-state index contributed by atoms with van der Waals surface area (Å²) in [6, 6.07) is -0.772. The Balaban J connectivity index is 1.60. The third-order valence-corrected chi connectivity index (χ3v) is 8.14. The standard InChI is InChI=1S/C25H34N2O6/c1-24-11-6-3-7-16-32-23(31)19(24)18-21(29)27(14-15-28)20-22(30)26(17-9-4-2-5-10-17)13-8-12-25(18,20)33-24/h6,8,11-12,17-20,28H,2-5,7,9-10,13-16H2,1H3/b11-6-/t18-,19-,20?,24+,25-/m0/s1. The summed E-state index contributed by atoms with van der Waals surface area (Å²) in [6.45, 7) is 2.32. The van der Waals surface area contributed by atoms with Gasteiger partial charge in [-0.25, -0.2) is 0 Å². The number of nitrogens with zero attached hydrogens (tertiary/aromatic N) is 2. The van der Waals surface area contributed by atoms with E-state index in [1.54, 1.807) is 0 Å². The van der Waals surface area contributed by atoms with Crippen molar-refractivity contribution in [2.24, 2.45) is 11.8 Å². The fourth-order valence-corrected chi connectivity index (χ4v) is 6.72. The summed E-state index contributed by atoms with van der Waals surface area (Å²) in [5.41, 5.74) is -2.33.